The van der Waals surface area contributed by atoms with Crippen molar-refractivity contribution in [1.82, 2.24) is 20.0 Å². The molecule has 3 atom stereocenters. The van der Waals surface area contributed by atoms with Gasteiger partial charge in [0.25, 0.3) is 5.91 Å². The fraction of sp³-hybridized carbons (Fsp3) is 0.333. The molecular formula is C24H23Cl2N5O3. The number of hydrogen-bond acceptors (Lipinski definition) is 4. The molecule has 1 aliphatic carbocycles. The SMILES string of the molecule is NC(=O)c1nn(CC(=O)N2[C@@H]3CC[C@@H](C3)[C@H]2C(=O)NCc2cc(Cl)ccc2Cl)c2ccccc12. The van der Waals surface area contributed by atoms with Gasteiger partial charge in [0.05, 0.1) is 5.52 Å². The van der Waals surface area contributed by atoms with E-state index in [2.05, 4.69) is 10.4 Å². The van der Waals surface area contributed by atoms with Crippen molar-refractivity contribution in [2.75, 3.05) is 0 Å². The average Bonchev–Trinajstić information content (AvgIpc) is 3.53. The fourth-order valence-electron chi connectivity index (χ4n) is 5.29. The minimum atomic E-state index is -0.653. The molecule has 3 amide bonds. The molecule has 34 heavy (non-hydrogen) atoms. The lowest BCUT2D eigenvalue weighted by atomic mass is 9.97. The van der Waals surface area contributed by atoms with Crippen LogP contribution in [0.15, 0.2) is 42.5 Å². The van der Waals surface area contributed by atoms with Crippen LogP contribution in [0.2, 0.25) is 10.0 Å². The quantitative estimate of drug-likeness (QED) is 0.542. The molecule has 2 aromatic carbocycles. The fourth-order valence-corrected chi connectivity index (χ4v) is 5.67. The minimum absolute atomic E-state index is 0.0143. The predicted molar refractivity (Wildman–Crippen MR) is 128 cm³/mol. The van der Waals surface area contributed by atoms with E-state index < -0.39 is 11.9 Å². The first-order valence-electron chi connectivity index (χ1n) is 11.1. The summed E-state index contributed by atoms with van der Waals surface area (Å²) in [6.07, 6.45) is 2.57. The Kier molecular flexibility index (Phi) is 5.95. The topological polar surface area (TPSA) is 110 Å². The van der Waals surface area contributed by atoms with Gasteiger partial charge in [-0.3, -0.25) is 19.1 Å². The first-order chi connectivity index (χ1) is 16.3. The highest BCUT2D eigenvalue weighted by atomic mass is 35.5. The van der Waals surface area contributed by atoms with Crippen molar-refractivity contribution < 1.29 is 14.4 Å². The molecule has 2 bridgehead atoms. The van der Waals surface area contributed by atoms with Gasteiger partial charge in [-0.1, -0.05) is 41.4 Å². The molecule has 3 aromatic rings. The summed E-state index contributed by atoms with van der Waals surface area (Å²) in [7, 11) is 0. The lowest BCUT2D eigenvalue weighted by molar-refractivity contribution is -0.143. The van der Waals surface area contributed by atoms with Crippen molar-refractivity contribution in [3.05, 3.63) is 63.8 Å². The number of para-hydroxylation sites is 1. The van der Waals surface area contributed by atoms with Crippen LogP contribution in [-0.4, -0.2) is 44.5 Å². The zero-order valence-corrected chi connectivity index (χ0v) is 19.7. The molecule has 3 N–H and O–H groups in total. The summed E-state index contributed by atoms with van der Waals surface area (Å²) in [6.45, 7) is 0.140. The molecule has 2 fully saturated rings. The van der Waals surface area contributed by atoms with Gasteiger partial charge in [-0.25, -0.2) is 0 Å². The Morgan fingerprint density at radius 2 is 1.91 bits per heavy atom. The number of likely N-dealkylation sites (tertiary alicyclic amines) is 1. The van der Waals surface area contributed by atoms with Crippen LogP contribution in [0.1, 0.15) is 35.3 Å². The van der Waals surface area contributed by atoms with E-state index in [-0.39, 0.29) is 42.6 Å². The molecule has 1 saturated carbocycles. The lowest BCUT2D eigenvalue weighted by Gasteiger charge is -2.34. The van der Waals surface area contributed by atoms with E-state index in [1.165, 1.54) is 4.68 Å². The number of aromatic nitrogens is 2. The number of nitrogens with zero attached hydrogens (tertiary/aromatic N) is 3. The maximum Gasteiger partial charge on any atom is 0.269 e. The van der Waals surface area contributed by atoms with Crippen molar-refractivity contribution in [2.45, 2.75) is 44.4 Å². The van der Waals surface area contributed by atoms with Gasteiger partial charge in [0.1, 0.15) is 12.6 Å². The number of nitrogens with two attached hydrogens (primary N) is 1. The number of carbonyl (C=O) groups excluding carboxylic acids is 3. The number of halogens is 2. The first-order valence-corrected chi connectivity index (χ1v) is 11.9. The largest absolute Gasteiger partial charge is 0.364 e. The van der Waals surface area contributed by atoms with Crippen LogP contribution in [0, 0.1) is 5.92 Å². The van der Waals surface area contributed by atoms with Crippen LogP contribution in [-0.2, 0) is 22.7 Å². The molecular weight excluding hydrogens is 477 g/mol. The zero-order valence-electron chi connectivity index (χ0n) is 18.2. The van der Waals surface area contributed by atoms with Crippen molar-refractivity contribution in [3.63, 3.8) is 0 Å². The Hall–Kier alpha value is -3.10. The second-order valence-electron chi connectivity index (χ2n) is 8.81. The highest BCUT2D eigenvalue weighted by molar-refractivity contribution is 6.33. The Morgan fingerprint density at radius 1 is 1.12 bits per heavy atom. The number of fused-ring (bicyclic) bond motifs is 3. The van der Waals surface area contributed by atoms with Crippen molar-refractivity contribution in [3.8, 4) is 0 Å². The number of hydrogen-bond donors (Lipinski definition) is 2. The molecule has 0 radical (unpaired) electrons. The van der Waals surface area contributed by atoms with Gasteiger partial charge in [0.2, 0.25) is 11.8 Å². The van der Waals surface area contributed by atoms with Gasteiger partial charge in [-0.15, -0.1) is 0 Å². The highest BCUT2D eigenvalue weighted by Crippen LogP contribution is 2.42. The lowest BCUT2D eigenvalue weighted by Crippen LogP contribution is -2.53. The summed E-state index contributed by atoms with van der Waals surface area (Å²) < 4.78 is 1.49. The summed E-state index contributed by atoms with van der Waals surface area (Å²) in [6, 6.07) is 11.7. The molecule has 0 unspecified atom stereocenters. The zero-order chi connectivity index (χ0) is 24.0. The van der Waals surface area contributed by atoms with Crippen LogP contribution in [0.3, 0.4) is 0 Å². The third kappa shape index (κ3) is 4.01. The van der Waals surface area contributed by atoms with Gasteiger partial charge in [-0.2, -0.15) is 5.10 Å². The molecule has 1 aromatic heterocycles. The van der Waals surface area contributed by atoms with Crippen molar-refractivity contribution >= 4 is 51.8 Å². The van der Waals surface area contributed by atoms with E-state index in [9.17, 15) is 14.4 Å². The normalized spacial score (nSPS) is 21.2. The summed E-state index contributed by atoms with van der Waals surface area (Å²) in [5.41, 5.74) is 6.96. The Labute approximate surface area is 206 Å². The molecule has 5 rings (SSSR count). The Morgan fingerprint density at radius 3 is 2.71 bits per heavy atom. The Balaban J connectivity index is 1.36. The highest BCUT2D eigenvalue weighted by Gasteiger charge is 2.51. The van der Waals surface area contributed by atoms with E-state index in [0.29, 0.717) is 26.5 Å². The third-order valence-corrected chi connectivity index (χ3v) is 7.38. The molecule has 2 heterocycles. The Bertz CT molecular complexity index is 1310. The molecule has 10 heteroatoms. The van der Waals surface area contributed by atoms with Gasteiger partial charge in [0.15, 0.2) is 5.69 Å². The molecule has 1 aliphatic heterocycles. The van der Waals surface area contributed by atoms with Crippen LogP contribution in [0.4, 0.5) is 0 Å². The van der Waals surface area contributed by atoms with Gasteiger partial charge >= 0.3 is 0 Å². The number of nitrogens with one attached hydrogen (secondary N) is 1. The van der Waals surface area contributed by atoms with E-state index in [1.54, 1.807) is 41.3 Å². The van der Waals surface area contributed by atoms with Gasteiger partial charge in [-0.05, 0) is 55.0 Å². The van der Waals surface area contributed by atoms with Gasteiger partial charge < -0.3 is 16.0 Å². The summed E-state index contributed by atoms with van der Waals surface area (Å²) in [4.78, 5) is 40.2. The molecule has 8 nitrogen and oxygen atoms in total. The van der Waals surface area contributed by atoms with Crippen LogP contribution < -0.4 is 11.1 Å². The maximum atomic E-state index is 13.4. The number of rotatable bonds is 6. The van der Waals surface area contributed by atoms with E-state index in [4.69, 9.17) is 28.9 Å². The molecule has 2 aliphatic rings. The monoisotopic (exact) mass is 499 g/mol. The average molecular weight is 500 g/mol. The van der Waals surface area contributed by atoms with Gasteiger partial charge in [0, 0.05) is 28.0 Å². The van der Waals surface area contributed by atoms with Crippen molar-refractivity contribution in [2.24, 2.45) is 11.7 Å². The van der Waals surface area contributed by atoms with E-state index >= 15 is 0 Å². The number of benzene rings is 2. The second-order valence-corrected chi connectivity index (χ2v) is 9.66. The smallest absolute Gasteiger partial charge is 0.269 e. The number of primary amides is 1. The summed E-state index contributed by atoms with van der Waals surface area (Å²) >= 11 is 12.3. The molecule has 176 valence electrons. The van der Waals surface area contributed by atoms with Crippen molar-refractivity contribution in [1.29, 1.82) is 0 Å². The van der Waals surface area contributed by atoms with Crippen LogP contribution in [0.25, 0.3) is 10.9 Å². The summed E-state index contributed by atoms with van der Waals surface area (Å²) in [5, 5.41) is 8.87. The standard InChI is InChI=1S/C24H23Cl2N5O3/c25-15-6-8-18(26)14(9-15)11-28-24(34)22-13-5-7-16(10-13)31(22)20(32)12-30-19-4-2-1-3-17(19)21(29-30)23(27)33/h1-4,6,8-9,13,16,22H,5,7,10-12H2,(H2,27,33)(H,28,34)/t13-,16+,22-/m0/s1. The van der Waals surface area contributed by atoms with E-state index in [0.717, 1.165) is 19.3 Å². The van der Waals surface area contributed by atoms with Crippen LogP contribution >= 0.6 is 23.2 Å². The molecule has 1 saturated heterocycles. The predicted octanol–water partition coefficient (Wildman–Crippen LogP) is 3.14. The van der Waals surface area contributed by atoms with E-state index in [1.807, 2.05) is 6.07 Å². The second kappa shape index (κ2) is 8.92. The third-order valence-electron chi connectivity index (χ3n) is 6.78. The number of amides is 3. The summed E-state index contributed by atoms with van der Waals surface area (Å²) in [5.74, 6) is -0.962. The number of carbonyl (C=O) groups is 3. The first kappa shape index (κ1) is 22.7. The molecule has 0 spiro atoms. The minimum Gasteiger partial charge on any atom is -0.364 e. The van der Waals surface area contributed by atoms with Crippen LogP contribution in [0.5, 0.6) is 0 Å². The maximum absolute atomic E-state index is 13.4. The number of piperidine rings is 1.